The van der Waals surface area contributed by atoms with Crippen LogP contribution in [0.5, 0.6) is 5.75 Å². The molecule has 2 aromatic carbocycles. The molecule has 2 atom stereocenters. The van der Waals surface area contributed by atoms with Crippen molar-refractivity contribution in [2.45, 2.75) is 57.9 Å². The van der Waals surface area contributed by atoms with Crippen molar-refractivity contribution in [2.24, 2.45) is 16.8 Å². The summed E-state index contributed by atoms with van der Waals surface area (Å²) >= 11 is 0. The fraction of sp³-hybridized carbons (Fsp3) is 0.452. The maximum Gasteiger partial charge on any atom is 0.190 e. The van der Waals surface area contributed by atoms with E-state index in [0.29, 0.717) is 30.0 Å². The monoisotopic (exact) mass is 531 g/mol. The molecule has 1 aliphatic carbocycles. The Bertz CT molecular complexity index is 1300. The number of ether oxygens (including phenoxy) is 1. The van der Waals surface area contributed by atoms with Crippen LogP contribution in [0.1, 0.15) is 56.0 Å². The summed E-state index contributed by atoms with van der Waals surface area (Å²) in [4.78, 5) is 13.5. The van der Waals surface area contributed by atoms with Crippen LogP contribution in [-0.4, -0.2) is 46.6 Å². The molecular formula is C31H35F2N5O. The quantitative estimate of drug-likeness (QED) is 0.356. The van der Waals surface area contributed by atoms with E-state index < -0.39 is 11.6 Å². The maximum atomic E-state index is 14.9. The third kappa shape index (κ3) is 6.11. The van der Waals surface area contributed by atoms with Gasteiger partial charge in [-0.3, -0.25) is 4.99 Å². The van der Waals surface area contributed by atoms with E-state index in [-0.39, 0.29) is 5.75 Å². The molecule has 0 bridgehead atoms. The van der Waals surface area contributed by atoms with Gasteiger partial charge in [-0.05, 0) is 66.3 Å². The van der Waals surface area contributed by atoms with E-state index in [1.165, 1.54) is 12.1 Å². The molecule has 0 radical (unpaired) electrons. The first-order valence-corrected chi connectivity index (χ1v) is 14.2. The molecule has 39 heavy (non-hydrogen) atoms. The molecular weight excluding hydrogens is 496 g/mol. The van der Waals surface area contributed by atoms with Gasteiger partial charge in [-0.15, -0.1) is 0 Å². The van der Waals surface area contributed by atoms with Crippen molar-refractivity contribution in [3.8, 4) is 16.9 Å². The molecule has 3 aliphatic rings. The molecule has 3 aromatic rings. The summed E-state index contributed by atoms with van der Waals surface area (Å²) in [5.74, 6) is 1.09. The van der Waals surface area contributed by atoms with Gasteiger partial charge in [-0.25, -0.2) is 23.8 Å². The zero-order valence-electron chi connectivity index (χ0n) is 22.4. The lowest BCUT2D eigenvalue weighted by Crippen LogP contribution is -2.35. The largest absolute Gasteiger partial charge is 0.487 e. The molecule has 6 rings (SSSR count). The number of aryl methyl sites for hydroxylation is 2. The van der Waals surface area contributed by atoms with Gasteiger partial charge in [0, 0.05) is 30.9 Å². The summed E-state index contributed by atoms with van der Waals surface area (Å²) in [7, 11) is 0. The van der Waals surface area contributed by atoms with E-state index in [0.717, 1.165) is 86.4 Å². The number of benzene rings is 2. The lowest BCUT2D eigenvalue weighted by Gasteiger charge is -2.28. The van der Waals surface area contributed by atoms with Gasteiger partial charge in [0.25, 0.3) is 0 Å². The van der Waals surface area contributed by atoms with Crippen LogP contribution in [0.2, 0.25) is 0 Å². The van der Waals surface area contributed by atoms with Crippen LogP contribution in [0.3, 0.4) is 0 Å². The average Bonchev–Trinajstić information content (AvgIpc) is 3.76. The second-order valence-electron chi connectivity index (χ2n) is 11.1. The normalized spacial score (nSPS) is 23.9. The Balaban J connectivity index is 0.994. The molecule has 0 spiro atoms. The van der Waals surface area contributed by atoms with E-state index in [4.69, 9.17) is 4.74 Å². The van der Waals surface area contributed by atoms with Crippen molar-refractivity contribution in [2.75, 3.05) is 19.7 Å². The summed E-state index contributed by atoms with van der Waals surface area (Å²) < 4.78 is 35.6. The molecule has 6 nitrogen and oxygen atoms in total. The van der Waals surface area contributed by atoms with Gasteiger partial charge in [0.05, 0.1) is 19.2 Å². The first-order valence-electron chi connectivity index (χ1n) is 14.2. The molecule has 1 N–H and O–H groups in total. The molecule has 204 valence electrons. The molecule has 2 unspecified atom stereocenters. The number of nitrogens with one attached hydrogen (secondary N) is 1. The Morgan fingerprint density at radius 3 is 2.26 bits per heavy atom. The number of halogens is 2. The number of hydrogen-bond donors (Lipinski definition) is 1. The Kier molecular flexibility index (Phi) is 7.55. The van der Waals surface area contributed by atoms with E-state index in [1.54, 1.807) is 0 Å². The number of hydrogen-bond acceptors (Lipinski definition) is 6. The van der Waals surface area contributed by atoms with Crippen molar-refractivity contribution in [3.05, 3.63) is 77.4 Å². The zero-order chi connectivity index (χ0) is 26.8. The molecule has 1 saturated carbocycles. The number of fused-ring (bicyclic) bond motifs is 1. The lowest BCUT2D eigenvalue weighted by atomic mass is 9.80. The third-order valence-corrected chi connectivity index (χ3v) is 8.29. The van der Waals surface area contributed by atoms with E-state index in [1.807, 2.05) is 36.7 Å². The molecule has 3 heterocycles. The summed E-state index contributed by atoms with van der Waals surface area (Å²) in [6, 6.07) is 10.8. The maximum absolute atomic E-state index is 14.9. The highest BCUT2D eigenvalue weighted by Gasteiger charge is 2.37. The van der Waals surface area contributed by atoms with Crippen LogP contribution < -0.4 is 10.2 Å². The molecule has 8 heteroatoms. The van der Waals surface area contributed by atoms with Gasteiger partial charge in [0.2, 0.25) is 0 Å². The van der Waals surface area contributed by atoms with Gasteiger partial charge in [0.15, 0.2) is 17.4 Å². The Hall–Kier alpha value is -3.39. The van der Waals surface area contributed by atoms with Crippen LogP contribution in [0.25, 0.3) is 11.1 Å². The van der Waals surface area contributed by atoms with Crippen molar-refractivity contribution in [3.63, 3.8) is 0 Å². The minimum atomic E-state index is -0.664. The first-order chi connectivity index (χ1) is 19.1. The lowest BCUT2D eigenvalue weighted by molar-refractivity contribution is 0.170. The Morgan fingerprint density at radius 1 is 0.923 bits per heavy atom. The predicted octanol–water partition coefficient (Wildman–Crippen LogP) is 5.75. The SMILES string of the molecule is CCc1cnc(CCC2CCC(COc3c(F)cc(-c4ccc(C5=NCC6CN6N5)cc4)cc3F)CC2)nc1. The summed E-state index contributed by atoms with van der Waals surface area (Å²) in [5, 5.41) is 2.15. The van der Waals surface area contributed by atoms with Crippen LogP contribution in [-0.2, 0) is 12.8 Å². The van der Waals surface area contributed by atoms with Crippen LogP contribution in [0.15, 0.2) is 53.8 Å². The molecule has 1 aromatic heterocycles. The second-order valence-corrected chi connectivity index (χ2v) is 11.1. The van der Waals surface area contributed by atoms with Crippen molar-refractivity contribution in [1.82, 2.24) is 20.4 Å². The van der Waals surface area contributed by atoms with Crippen molar-refractivity contribution in [1.29, 1.82) is 0 Å². The van der Waals surface area contributed by atoms with Gasteiger partial charge < -0.3 is 10.2 Å². The number of aromatic nitrogens is 2. The predicted molar refractivity (Wildman–Crippen MR) is 148 cm³/mol. The Morgan fingerprint density at radius 2 is 1.59 bits per heavy atom. The molecule has 2 fully saturated rings. The smallest absolute Gasteiger partial charge is 0.190 e. The Labute approximate surface area is 228 Å². The van der Waals surface area contributed by atoms with Crippen molar-refractivity contribution >= 4 is 5.84 Å². The summed E-state index contributed by atoms with van der Waals surface area (Å²) in [6.45, 7) is 4.25. The minimum absolute atomic E-state index is 0.279. The standard InChI is InChI=1S/C31H35F2N5O/c1-2-20-15-34-29(35-16-20)12-7-21-3-5-22(6-4-21)19-39-30-27(32)13-25(14-28(30)33)23-8-10-24(11-9-23)31-36-17-26-18-38(26)37-31/h8-11,13-16,21-22,26H,2-7,12,17-19H2,1H3,(H,36,37). The number of rotatable bonds is 9. The number of hydrazine groups is 1. The molecule has 1 saturated heterocycles. The summed E-state index contributed by atoms with van der Waals surface area (Å²) in [5.41, 5.74) is 6.64. The molecule has 0 amide bonds. The number of aliphatic imine (C=N–C) groups is 1. The minimum Gasteiger partial charge on any atom is -0.487 e. The third-order valence-electron chi connectivity index (χ3n) is 8.29. The van der Waals surface area contributed by atoms with Gasteiger partial charge in [-0.2, -0.15) is 0 Å². The zero-order valence-corrected chi connectivity index (χ0v) is 22.4. The van der Waals surface area contributed by atoms with Gasteiger partial charge in [0.1, 0.15) is 11.7 Å². The van der Waals surface area contributed by atoms with Crippen LogP contribution in [0, 0.1) is 23.5 Å². The fourth-order valence-electron chi connectivity index (χ4n) is 5.60. The highest BCUT2D eigenvalue weighted by Crippen LogP contribution is 2.34. The van der Waals surface area contributed by atoms with Crippen LogP contribution in [0.4, 0.5) is 8.78 Å². The van der Waals surface area contributed by atoms with E-state index in [2.05, 4.69) is 32.3 Å². The van der Waals surface area contributed by atoms with E-state index in [9.17, 15) is 8.78 Å². The highest BCUT2D eigenvalue weighted by atomic mass is 19.1. The highest BCUT2D eigenvalue weighted by molar-refractivity contribution is 5.99. The average molecular weight is 532 g/mol. The van der Waals surface area contributed by atoms with Gasteiger partial charge >= 0.3 is 0 Å². The summed E-state index contributed by atoms with van der Waals surface area (Å²) in [6.07, 6.45) is 11.0. The van der Waals surface area contributed by atoms with Gasteiger partial charge in [-0.1, -0.05) is 44.0 Å². The van der Waals surface area contributed by atoms with Crippen molar-refractivity contribution < 1.29 is 13.5 Å². The topological polar surface area (TPSA) is 62.4 Å². The second kappa shape index (κ2) is 11.4. The molecule has 2 aliphatic heterocycles. The van der Waals surface area contributed by atoms with Crippen LogP contribution >= 0.6 is 0 Å². The number of amidine groups is 1. The van der Waals surface area contributed by atoms with E-state index >= 15 is 0 Å². The fourth-order valence-corrected chi connectivity index (χ4v) is 5.60. The first kappa shape index (κ1) is 25.9. The number of nitrogens with zero attached hydrogens (tertiary/aromatic N) is 4.